The Labute approximate surface area is 120 Å². The SMILES string of the molecule is Cc1c(Cl)cccc1NCc1ccc(N(C)C)cc1. The van der Waals surface area contributed by atoms with Crippen LogP contribution in [-0.4, -0.2) is 14.1 Å². The van der Waals surface area contributed by atoms with Crippen LogP contribution in [0.1, 0.15) is 11.1 Å². The van der Waals surface area contributed by atoms with Gasteiger partial charge in [-0.05, 0) is 42.3 Å². The van der Waals surface area contributed by atoms with Crippen LogP contribution in [0.25, 0.3) is 0 Å². The van der Waals surface area contributed by atoms with Gasteiger partial charge in [0.25, 0.3) is 0 Å². The molecule has 2 aromatic rings. The molecular weight excluding hydrogens is 256 g/mol. The second-order valence-electron chi connectivity index (χ2n) is 4.83. The molecule has 0 heterocycles. The van der Waals surface area contributed by atoms with Gasteiger partial charge in [-0.15, -0.1) is 0 Å². The topological polar surface area (TPSA) is 15.3 Å². The van der Waals surface area contributed by atoms with Gasteiger partial charge in [0.15, 0.2) is 0 Å². The number of halogens is 1. The normalized spacial score (nSPS) is 10.3. The smallest absolute Gasteiger partial charge is 0.0455 e. The van der Waals surface area contributed by atoms with Crippen molar-refractivity contribution in [3.63, 3.8) is 0 Å². The molecule has 0 fully saturated rings. The van der Waals surface area contributed by atoms with Crippen LogP contribution in [0.15, 0.2) is 42.5 Å². The summed E-state index contributed by atoms with van der Waals surface area (Å²) in [6.45, 7) is 2.83. The Morgan fingerprint density at radius 3 is 2.37 bits per heavy atom. The van der Waals surface area contributed by atoms with Crippen LogP contribution in [0.2, 0.25) is 5.02 Å². The van der Waals surface area contributed by atoms with Gasteiger partial charge in [-0.25, -0.2) is 0 Å². The lowest BCUT2D eigenvalue weighted by molar-refractivity contribution is 1.11. The van der Waals surface area contributed by atoms with E-state index in [9.17, 15) is 0 Å². The molecular formula is C16H19ClN2. The van der Waals surface area contributed by atoms with E-state index in [4.69, 9.17) is 11.6 Å². The van der Waals surface area contributed by atoms with E-state index in [2.05, 4.69) is 40.5 Å². The van der Waals surface area contributed by atoms with E-state index in [0.29, 0.717) is 0 Å². The Balaban J connectivity index is 2.04. The third-order valence-electron chi connectivity index (χ3n) is 3.20. The van der Waals surface area contributed by atoms with E-state index in [1.807, 2.05) is 33.2 Å². The Bertz CT molecular complexity index is 547. The second kappa shape index (κ2) is 5.98. The van der Waals surface area contributed by atoms with E-state index in [1.165, 1.54) is 11.3 Å². The fourth-order valence-corrected chi connectivity index (χ4v) is 2.08. The fourth-order valence-electron chi connectivity index (χ4n) is 1.91. The van der Waals surface area contributed by atoms with Gasteiger partial charge >= 0.3 is 0 Å². The summed E-state index contributed by atoms with van der Waals surface area (Å²) in [5, 5.41) is 4.22. The van der Waals surface area contributed by atoms with Gasteiger partial charge in [-0.1, -0.05) is 29.8 Å². The van der Waals surface area contributed by atoms with Gasteiger partial charge in [0, 0.05) is 37.0 Å². The lowest BCUT2D eigenvalue weighted by atomic mass is 10.1. The molecule has 0 saturated heterocycles. The van der Waals surface area contributed by atoms with Gasteiger partial charge < -0.3 is 10.2 Å². The summed E-state index contributed by atoms with van der Waals surface area (Å²) in [5.74, 6) is 0. The molecule has 3 heteroatoms. The zero-order valence-electron chi connectivity index (χ0n) is 11.6. The van der Waals surface area contributed by atoms with Crippen LogP contribution >= 0.6 is 11.6 Å². The molecule has 1 N–H and O–H groups in total. The molecule has 0 radical (unpaired) electrons. The standard InChI is InChI=1S/C16H19ClN2/c1-12-15(17)5-4-6-16(12)18-11-13-7-9-14(10-8-13)19(2)3/h4-10,18H,11H2,1-3H3. The average Bonchev–Trinajstić information content (AvgIpc) is 2.41. The zero-order chi connectivity index (χ0) is 13.8. The lowest BCUT2D eigenvalue weighted by Crippen LogP contribution is -2.08. The lowest BCUT2D eigenvalue weighted by Gasteiger charge is -2.14. The summed E-state index contributed by atoms with van der Waals surface area (Å²) < 4.78 is 0. The molecule has 2 aromatic carbocycles. The first-order chi connectivity index (χ1) is 9.08. The first-order valence-electron chi connectivity index (χ1n) is 6.33. The number of rotatable bonds is 4. The molecule has 0 aliphatic carbocycles. The van der Waals surface area contributed by atoms with E-state index in [1.54, 1.807) is 0 Å². The summed E-state index contributed by atoms with van der Waals surface area (Å²) >= 11 is 6.11. The molecule has 0 aromatic heterocycles. The molecule has 0 unspecified atom stereocenters. The van der Waals surface area contributed by atoms with Crippen molar-refractivity contribution in [1.82, 2.24) is 0 Å². The molecule has 0 spiro atoms. The third kappa shape index (κ3) is 3.42. The number of hydrogen-bond donors (Lipinski definition) is 1. The number of anilines is 2. The van der Waals surface area contributed by atoms with Crippen LogP contribution in [0.3, 0.4) is 0 Å². The van der Waals surface area contributed by atoms with Crippen molar-refractivity contribution in [2.24, 2.45) is 0 Å². The van der Waals surface area contributed by atoms with Gasteiger partial charge in [0.05, 0.1) is 0 Å². The predicted octanol–water partition coefficient (Wildman–Crippen LogP) is 4.33. The van der Waals surface area contributed by atoms with Crippen molar-refractivity contribution in [1.29, 1.82) is 0 Å². The van der Waals surface area contributed by atoms with E-state index in [0.717, 1.165) is 22.8 Å². The molecule has 0 saturated carbocycles. The second-order valence-corrected chi connectivity index (χ2v) is 5.23. The summed E-state index contributed by atoms with van der Waals surface area (Å²) in [4.78, 5) is 2.10. The number of hydrogen-bond acceptors (Lipinski definition) is 2. The molecule has 19 heavy (non-hydrogen) atoms. The van der Waals surface area contributed by atoms with E-state index in [-0.39, 0.29) is 0 Å². The fraction of sp³-hybridized carbons (Fsp3) is 0.250. The number of nitrogens with one attached hydrogen (secondary N) is 1. The van der Waals surface area contributed by atoms with Crippen molar-refractivity contribution < 1.29 is 0 Å². The maximum Gasteiger partial charge on any atom is 0.0455 e. The van der Waals surface area contributed by atoms with Gasteiger partial charge in [-0.3, -0.25) is 0 Å². The van der Waals surface area contributed by atoms with Gasteiger partial charge in [0.1, 0.15) is 0 Å². The van der Waals surface area contributed by atoms with Crippen LogP contribution in [-0.2, 0) is 6.54 Å². The third-order valence-corrected chi connectivity index (χ3v) is 3.61. The quantitative estimate of drug-likeness (QED) is 0.893. The summed E-state index contributed by atoms with van der Waals surface area (Å²) in [7, 11) is 4.09. The van der Waals surface area contributed by atoms with Crippen molar-refractivity contribution in [3.8, 4) is 0 Å². The minimum atomic E-state index is 0.799. The largest absolute Gasteiger partial charge is 0.381 e. The average molecular weight is 275 g/mol. The Hall–Kier alpha value is -1.67. The monoisotopic (exact) mass is 274 g/mol. The highest BCUT2D eigenvalue weighted by molar-refractivity contribution is 6.31. The molecule has 0 atom stereocenters. The molecule has 2 nitrogen and oxygen atoms in total. The highest BCUT2D eigenvalue weighted by atomic mass is 35.5. The first kappa shape index (κ1) is 13.8. The van der Waals surface area contributed by atoms with Crippen molar-refractivity contribution in [2.75, 3.05) is 24.3 Å². The van der Waals surface area contributed by atoms with Crippen LogP contribution in [0, 0.1) is 6.92 Å². The summed E-state index contributed by atoms with van der Waals surface area (Å²) in [5.41, 5.74) is 4.64. The van der Waals surface area contributed by atoms with Crippen LogP contribution in [0.4, 0.5) is 11.4 Å². The van der Waals surface area contributed by atoms with Crippen molar-refractivity contribution in [3.05, 3.63) is 58.6 Å². The molecule has 100 valence electrons. The van der Waals surface area contributed by atoms with Crippen LogP contribution in [0.5, 0.6) is 0 Å². The Morgan fingerprint density at radius 1 is 1.05 bits per heavy atom. The molecule has 2 rings (SSSR count). The van der Waals surface area contributed by atoms with E-state index >= 15 is 0 Å². The number of benzene rings is 2. The first-order valence-corrected chi connectivity index (χ1v) is 6.71. The Kier molecular flexibility index (Phi) is 4.33. The maximum absolute atomic E-state index is 6.11. The van der Waals surface area contributed by atoms with Crippen LogP contribution < -0.4 is 10.2 Å². The molecule has 0 amide bonds. The predicted molar refractivity (Wildman–Crippen MR) is 84.3 cm³/mol. The summed E-state index contributed by atoms with van der Waals surface area (Å²) in [6.07, 6.45) is 0. The summed E-state index contributed by atoms with van der Waals surface area (Å²) in [6, 6.07) is 14.5. The minimum Gasteiger partial charge on any atom is -0.381 e. The van der Waals surface area contributed by atoms with Crippen molar-refractivity contribution >= 4 is 23.0 Å². The van der Waals surface area contributed by atoms with Gasteiger partial charge in [0.2, 0.25) is 0 Å². The molecule has 0 bridgehead atoms. The minimum absolute atomic E-state index is 0.799. The molecule has 0 aliphatic rings. The zero-order valence-corrected chi connectivity index (χ0v) is 12.3. The van der Waals surface area contributed by atoms with Gasteiger partial charge in [-0.2, -0.15) is 0 Å². The highest BCUT2D eigenvalue weighted by Crippen LogP contribution is 2.23. The Morgan fingerprint density at radius 2 is 1.74 bits per heavy atom. The molecule has 0 aliphatic heterocycles. The highest BCUT2D eigenvalue weighted by Gasteiger charge is 2.02. The van der Waals surface area contributed by atoms with Crippen molar-refractivity contribution in [2.45, 2.75) is 13.5 Å². The maximum atomic E-state index is 6.11. The number of nitrogens with zero attached hydrogens (tertiary/aromatic N) is 1. The van der Waals surface area contributed by atoms with E-state index < -0.39 is 0 Å².